The van der Waals surface area contributed by atoms with Crippen molar-refractivity contribution in [1.29, 1.82) is 0 Å². The quantitative estimate of drug-likeness (QED) is 0.795. The Hall–Kier alpha value is -2.83. The minimum Gasteiger partial charge on any atom is -0.340 e. The van der Waals surface area contributed by atoms with Gasteiger partial charge >= 0.3 is 6.18 Å². The smallest absolute Gasteiger partial charge is 0.340 e. The van der Waals surface area contributed by atoms with E-state index in [-0.39, 0.29) is 5.56 Å². The van der Waals surface area contributed by atoms with Crippen molar-refractivity contribution in [2.24, 2.45) is 0 Å². The molecule has 0 unspecified atom stereocenters. The van der Waals surface area contributed by atoms with Gasteiger partial charge in [0.25, 0.3) is 5.91 Å². The summed E-state index contributed by atoms with van der Waals surface area (Å²) >= 11 is 0. The number of pyridine rings is 1. The van der Waals surface area contributed by atoms with E-state index in [1.807, 2.05) is 41.7 Å². The van der Waals surface area contributed by atoms with E-state index in [4.69, 9.17) is 0 Å². The van der Waals surface area contributed by atoms with E-state index in [9.17, 15) is 18.0 Å². The van der Waals surface area contributed by atoms with Crippen LogP contribution in [0, 0.1) is 0 Å². The van der Waals surface area contributed by atoms with Gasteiger partial charge in [-0.05, 0) is 30.2 Å². The molecule has 3 rings (SSSR count). The van der Waals surface area contributed by atoms with Crippen molar-refractivity contribution in [2.75, 3.05) is 0 Å². The minimum atomic E-state index is -4.49. The van der Waals surface area contributed by atoms with E-state index in [1.54, 1.807) is 12.3 Å². The fourth-order valence-corrected chi connectivity index (χ4v) is 2.32. The first kappa shape index (κ1) is 16.0. The molecule has 0 saturated carbocycles. The van der Waals surface area contributed by atoms with Gasteiger partial charge in [0.05, 0.1) is 17.3 Å². The predicted molar refractivity (Wildman–Crippen MR) is 83.6 cm³/mol. The Morgan fingerprint density at radius 1 is 1.17 bits per heavy atom. The molecule has 1 N–H and O–H groups in total. The molecule has 0 aliphatic carbocycles. The largest absolute Gasteiger partial charge is 0.408 e. The molecule has 124 valence electrons. The van der Waals surface area contributed by atoms with Gasteiger partial charge in [-0.1, -0.05) is 30.3 Å². The monoisotopic (exact) mass is 333 g/mol. The van der Waals surface area contributed by atoms with Crippen LogP contribution < -0.4 is 5.32 Å². The van der Waals surface area contributed by atoms with Gasteiger partial charge in [-0.3, -0.25) is 4.79 Å². The third kappa shape index (κ3) is 3.10. The molecule has 24 heavy (non-hydrogen) atoms. The molecular weight excluding hydrogens is 319 g/mol. The van der Waals surface area contributed by atoms with Crippen molar-refractivity contribution < 1.29 is 18.0 Å². The fourth-order valence-electron chi connectivity index (χ4n) is 2.32. The van der Waals surface area contributed by atoms with E-state index >= 15 is 0 Å². The van der Waals surface area contributed by atoms with Crippen molar-refractivity contribution in [2.45, 2.75) is 19.1 Å². The van der Waals surface area contributed by atoms with E-state index in [2.05, 4.69) is 5.10 Å². The van der Waals surface area contributed by atoms with Gasteiger partial charge in [-0.2, -0.15) is 18.3 Å². The highest BCUT2D eigenvalue weighted by Crippen LogP contribution is 2.23. The summed E-state index contributed by atoms with van der Waals surface area (Å²) in [6.45, 7) is 0.902. The van der Waals surface area contributed by atoms with Gasteiger partial charge in [-0.15, -0.1) is 0 Å². The number of aromatic nitrogens is 2. The van der Waals surface area contributed by atoms with Crippen LogP contribution in [0.1, 0.15) is 17.3 Å². The second-order valence-electron chi connectivity index (χ2n) is 5.41. The number of nitrogens with one attached hydrogen (secondary N) is 1. The molecule has 0 saturated heterocycles. The normalized spacial score (nSPS) is 13.0. The Morgan fingerprint density at radius 2 is 1.88 bits per heavy atom. The molecule has 2 aromatic heterocycles. The highest BCUT2D eigenvalue weighted by atomic mass is 19.4. The van der Waals surface area contributed by atoms with Gasteiger partial charge in [-0.25, -0.2) is 4.52 Å². The van der Waals surface area contributed by atoms with Crippen LogP contribution in [0.3, 0.4) is 0 Å². The maximum atomic E-state index is 12.6. The minimum absolute atomic E-state index is 0.101. The number of benzene rings is 1. The van der Waals surface area contributed by atoms with Crippen molar-refractivity contribution in [3.63, 3.8) is 0 Å². The molecule has 2 heterocycles. The number of alkyl halides is 3. The number of halogens is 3. The number of rotatable bonds is 3. The third-order valence-electron chi connectivity index (χ3n) is 3.71. The van der Waals surface area contributed by atoms with Crippen LogP contribution in [0.5, 0.6) is 0 Å². The first-order valence-electron chi connectivity index (χ1n) is 7.26. The van der Waals surface area contributed by atoms with Crippen LogP contribution >= 0.6 is 0 Å². The summed E-state index contributed by atoms with van der Waals surface area (Å²) in [6.07, 6.45) is -1.56. The molecule has 0 aliphatic rings. The number of fused-ring (bicyclic) bond motifs is 1. The summed E-state index contributed by atoms with van der Waals surface area (Å²) in [5, 5.41) is 5.97. The zero-order valence-electron chi connectivity index (χ0n) is 12.7. The van der Waals surface area contributed by atoms with E-state index in [0.717, 1.165) is 18.1 Å². The predicted octanol–water partition coefficient (Wildman–Crippen LogP) is 3.68. The summed E-state index contributed by atoms with van der Waals surface area (Å²) in [4.78, 5) is 12.2. The van der Waals surface area contributed by atoms with Crippen LogP contribution in [-0.2, 0) is 0 Å². The lowest BCUT2D eigenvalue weighted by Gasteiger charge is -2.16. The number of carbonyl (C=O) groups excluding carboxylic acids is 1. The molecule has 7 heteroatoms. The molecule has 1 aromatic carbocycles. The summed E-state index contributed by atoms with van der Waals surface area (Å²) < 4.78 is 39.3. The Bertz CT molecular complexity index is 872. The lowest BCUT2D eigenvalue weighted by molar-refractivity contribution is -0.149. The SMILES string of the molecule is C[C@H](NC(=O)c1cnn2ccc(-c3ccccc3)cc12)C(F)(F)F. The van der Waals surface area contributed by atoms with Crippen LogP contribution in [0.2, 0.25) is 0 Å². The molecule has 3 aromatic rings. The molecule has 1 amide bonds. The molecule has 4 nitrogen and oxygen atoms in total. The van der Waals surface area contributed by atoms with Gasteiger partial charge in [0.15, 0.2) is 0 Å². The highest BCUT2D eigenvalue weighted by molar-refractivity contribution is 6.01. The topological polar surface area (TPSA) is 46.4 Å². The highest BCUT2D eigenvalue weighted by Gasteiger charge is 2.37. The molecular formula is C17H14F3N3O. The molecule has 0 spiro atoms. The summed E-state index contributed by atoms with van der Waals surface area (Å²) in [5.41, 5.74) is 2.34. The van der Waals surface area contributed by atoms with E-state index in [0.29, 0.717) is 5.52 Å². The standard InChI is InChI=1S/C17H14F3N3O/c1-11(17(18,19)20)22-16(24)14-10-21-23-8-7-13(9-15(14)23)12-5-3-2-4-6-12/h2-11H,1H3,(H,22,24)/t11-/m0/s1. The zero-order chi connectivity index (χ0) is 17.3. The van der Waals surface area contributed by atoms with Gasteiger partial charge < -0.3 is 5.32 Å². The molecule has 0 bridgehead atoms. The Morgan fingerprint density at radius 3 is 2.54 bits per heavy atom. The first-order chi connectivity index (χ1) is 11.4. The van der Waals surface area contributed by atoms with E-state index < -0.39 is 18.1 Å². The van der Waals surface area contributed by atoms with Gasteiger partial charge in [0, 0.05) is 6.20 Å². The molecule has 0 aliphatic heterocycles. The number of hydrogen-bond acceptors (Lipinski definition) is 2. The average Bonchev–Trinajstić information content (AvgIpc) is 2.97. The Balaban J connectivity index is 1.96. The van der Waals surface area contributed by atoms with Crippen LogP contribution in [0.4, 0.5) is 13.2 Å². The maximum Gasteiger partial charge on any atom is 0.408 e. The molecule has 0 radical (unpaired) electrons. The van der Waals surface area contributed by atoms with Crippen molar-refractivity contribution >= 4 is 11.4 Å². The molecule has 1 atom stereocenters. The number of hydrogen-bond donors (Lipinski definition) is 1. The number of amides is 1. The Labute approximate surface area is 135 Å². The van der Waals surface area contributed by atoms with Crippen molar-refractivity contribution in [1.82, 2.24) is 14.9 Å². The Kier molecular flexibility index (Phi) is 4.01. The second-order valence-corrected chi connectivity index (χ2v) is 5.41. The lowest BCUT2D eigenvalue weighted by Crippen LogP contribution is -2.43. The van der Waals surface area contributed by atoms with Gasteiger partial charge in [0.1, 0.15) is 6.04 Å². The summed E-state index contributed by atoms with van der Waals surface area (Å²) in [5.74, 6) is -0.806. The van der Waals surface area contributed by atoms with Crippen molar-refractivity contribution in [3.05, 3.63) is 60.4 Å². The second kappa shape index (κ2) is 5.99. The average molecular weight is 333 g/mol. The summed E-state index contributed by atoms with van der Waals surface area (Å²) in [7, 11) is 0. The van der Waals surface area contributed by atoms with E-state index in [1.165, 1.54) is 10.7 Å². The zero-order valence-corrected chi connectivity index (χ0v) is 12.7. The number of nitrogens with zero attached hydrogens (tertiary/aromatic N) is 2. The van der Waals surface area contributed by atoms with Crippen LogP contribution in [0.15, 0.2) is 54.9 Å². The van der Waals surface area contributed by atoms with Crippen molar-refractivity contribution in [3.8, 4) is 11.1 Å². The first-order valence-corrected chi connectivity index (χ1v) is 7.26. The van der Waals surface area contributed by atoms with Crippen LogP contribution in [0.25, 0.3) is 16.6 Å². The maximum absolute atomic E-state index is 12.6. The van der Waals surface area contributed by atoms with Gasteiger partial charge in [0.2, 0.25) is 0 Å². The number of carbonyl (C=O) groups is 1. The van der Waals surface area contributed by atoms with Crippen LogP contribution in [-0.4, -0.2) is 27.7 Å². The fraction of sp³-hybridized carbons (Fsp3) is 0.176. The lowest BCUT2D eigenvalue weighted by atomic mass is 10.1. The summed E-state index contributed by atoms with van der Waals surface area (Å²) in [6, 6.07) is 11.1. The molecule has 0 fully saturated rings. The third-order valence-corrected chi connectivity index (χ3v) is 3.71.